The Morgan fingerprint density at radius 2 is 1.70 bits per heavy atom. The first kappa shape index (κ1) is 13.1. The standard InChI is InChI=1S/C7H15O2.Li/c1-3-5-9-7-6-8-4-2;/h1,3-7H2,2H3;/q-1;+1. The summed E-state index contributed by atoms with van der Waals surface area (Å²) in [6.07, 6.45) is 0.839. The van der Waals surface area contributed by atoms with Crippen LogP contribution in [0.4, 0.5) is 0 Å². The fourth-order valence-electron chi connectivity index (χ4n) is 0.466. The van der Waals surface area contributed by atoms with E-state index >= 15 is 0 Å². The Labute approximate surface area is 75.5 Å². The molecule has 0 aliphatic heterocycles. The van der Waals surface area contributed by atoms with Crippen LogP contribution in [0.25, 0.3) is 0 Å². The van der Waals surface area contributed by atoms with E-state index in [9.17, 15) is 0 Å². The Balaban J connectivity index is 0. The molecule has 0 N–H and O–H groups in total. The number of hydrogen-bond acceptors (Lipinski definition) is 2. The molecule has 2 nitrogen and oxygen atoms in total. The van der Waals surface area contributed by atoms with Gasteiger partial charge in [-0.25, -0.2) is 0 Å². The second kappa shape index (κ2) is 12.2. The van der Waals surface area contributed by atoms with Crippen LogP contribution in [0.3, 0.4) is 0 Å². The van der Waals surface area contributed by atoms with Crippen molar-refractivity contribution in [2.75, 3.05) is 26.4 Å². The molecule has 0 aliphatic carbocycles. The molecule has 0 aromatic carbocycles. The van der Waals surface area contributed by atoms with Gasteiger partial charge in [-0.2, -0.15) is 6.42 Å². The molecule has 0 aromatic rings. The van der Waals surface area contributed by atoms with E-state index in [1.807, 2.05) is 6.92 Å². The van der Waals surface area contributed by atoms with Crippen LogP contribution in [0.15, 0.2) is 0 Å². The monoisotopic (exact) mass is 138 g/mol. The van der Waals surface area contributed by atoms with E-state index in [4.69, 9.17) is 9.47 Å². The van der Waals surface area contributed by atoms with Crippen LogP contribution in [0.5, 0.6) is 0 Å². The molecule has 0 saturated heterocycles. The van der Waals surface area contributed by atoms with Crippen molar-refractivity contribution < 1.29 is 28.3 Å². The zero-order valence-corrected chi connectivity index (χ0v) is 7.06. The summed E-state index contributed by atoms with van der Waals surface area (Å²) < 4.78 is 10.1. The average molecular weight is 138 g/mol. The van der Waals surface area contributed by atoms with Crippen LogP contribution in [-0.2, 0) is 9.47 Å². The molecule has 0 aliphatic rings. The van der Waals surface area contributed by atoms with Crippen molar-refractivity contribution >= 4 is 0 Å². The summed E-state index contributed by atoms with van der Waals surface area (Å²) in [7, 11) is 0. The molecule has 0 aromatic heterocycles. The van der Waals surface area contributed by atoms with Gasteiger partial charge >= 0.3 is 18.9 Å². The van der Waals surface area contributed by atoms with Crippen LogP contribution < -0.4 is 18.9 Å². The first-order chi connectivity index (χ1) is 4.41. The smallest absolute Gasteiger partial charge is 0.382 e. The second-order valence-corrected chi connectivity index (χ2v) is 1.66. The Morgan fingerprint density at radius 3 is 2.20 bits per heavy atom. The van der Waals surface area contributed by atoms with Gasteiger partial charge in [0.25, 0.3) is 0 Å². The minimum atomic E-state index is 0. The minimum Gasteiger partial charge on any atom is -0.382 e. The fourth-order valence-corrected chi connectivity index (χ4v) is 0.466. The van der Waals surface area contributed by atoms with Crippen molar-refractivity contribution in [3.63, 3.8) is 0 Å². The van der Waals surface area contributed by atoms with Crippen LogP contribution in [-0.4, -0.2) is 26.4 Å². The third-order valence-electron chi connectivity index (χ3n) is 0.865. The maximum absolute atomic E-state index is 5.10. The van der Waals surface area contributed by atoms with E-state index in [2.05, 4.69) is 6.92 Å². The minimum absolute atomic E-state index is 0. The predicted octanol–water partition coefficient (Wildman–Crippen LogP) is -1.73. The van der Waals surface area contributed by atoms with Gasteiger partial charge in [-0.1, -0.05) is 0 Å². The van der Waals surface area contributed by atoms with Gasteiger partial charge in [0.1, 0.15) is 0 Å². The molecule has 3 heteroatoms. The molecule has 0 bridgehead atoms. The molecule has 10 heavy (non-hydrogen) atoms. The van der Waals surface area contributed by atoms with Gasteiger partial charge in [0.05, 0.1) is 13.2 Å². The first-order valence-electron chi connectivity index (χ1n) is 3.36. The normalized spacial score (nSPS) is 9.00. The van der Waals surface area contributed by atoms with Crippen molar-refractivity contribution in [2.24, 2.45) is 0 Å². The molecular weight excluding hydrogens is 123 g/mol. The van der Waals surface area contributed by atoms with Gasteiger partial charge in [0.2, 0.25) is 0 Å². The average Bonchev–Trinajstić information content (AvgIpc) is 1.89. The molecule has 0 unspecified atom stereocenters. The van der Waals surface area contributed by atoms with E-state index in [1.165, 1.54) is 0 Å². The molecule has 0 saturated carbocycles. The van der Waals surface area contributed by atoms with E-state index in [1.54, 1.807) is 0 Å². The summed E-state index contributed by atoms with van der Waals surface area (Å²) in [6, 6.07) is 0. The predicted molar refractivity (Wildman–Crippen MR) is 37.3 cm³/mol. The van der Waals surface area contributed by atoms with E-state index < -0.39 is 0 Å². The van der Waals surface area contributed by atoms with E-state index in [0.717, 1.165) is 19.6 Å². The maximum atomic E-state index is 5.10. The summed E-state index contributed by atoms with van der Waals surface area (Å²) in [4.78, 5) is 0. The number of hydrogen-bond donors (Lipinski definition) is 0. The largest absolute Gasteiger partial charge is 1.00 e. The van der Waals surface area contributed by atoms with Gasteiger partial charge in [0.15, 0.2) is 0 Å². The molecule has 0 rings (SSSR count). The number of ether oxygens (including phenoxy) is 2. The first-order valence-corrected chi connectivity index (χ1v) is 3.36. The van der Waals surface area contributed by atoms with Crippen molar-refractivity contribution in [1.82, 2.24) is 0 Å². The van der Waals surface area contributed by atoms with Crippen molar-refractivity contribution in [1.29, 1.82) is 0 Å². The van der Waals surface area contributed by atoms with E-state index in [0.29, 0.717) is 13.2 Å². The van der Waals surface area contributed by atoms with Crippen LogP contribution >= 0.6 is 0 Å². The van der Waals surface area contributed by atoms with Crippen molar-refractivity contribution in [3.05, 3.63) is 6.92 Å². The molecule has 0 spiro atoms. The summed E-state index contributed by atoms with van der Waals surface area (Å²) in [5, 5.41) is 0. The van der Waals surface area contributed by atoms with Crippen LogP contribution in [0.1, 0.15) is 13.3 Å². The summed E-state index contributed by atoms with van der Waals surface area (Å²) in [6.45, 7) is 8.53. The topological polar surface area (TPSA) is 18.5 Å². The Hall–Kier alpha value is 0.517. The van der Waals surface area contributed by atoms with Gasteiger partial charge in [0, 0.05) is 13.2 Å². The molecule has 0 heterocycles. The Morgan fingerprint density at radius 1 is 1.10 bits per heavy atom. The summed E-state index contributed by atoms with van der Waals surface area (Å²) >= 11 is 0. The Bertz CT molecular complexity index is 44.9. The Kier molecular flexibility index (Phi) is 16.0. The molecule has 0 fully saturated rings. The van der Waals surface area contributed by atoms with Crippen molar-refractivity contribution in [3.8, 4) is 0 Å². The second-order valence-electron chi connectivity index (χ2n) is 1.66. The SMILES string of the molecule is [CH2-]CCOCCOCC.[Li+]. The maximum Gasteiger partial charge on any atom is 1.00 e. The van der Waals surface area contributed by atoms with E-state index in [-0.39, 0.29) is 18.9 Å². The molecular formula is C7H15LiO2. The van der Waals surface area contributed by atoms with Crippen molar-refractivity contribution in [2.45, 2.75) is 13.3 Å². The summed E-state index contributed by atoms with van der Waals surface area (Å²) in [5.74, 6) is 0. The fraction of sp³-hybridized carbons (Fsp3) is 0.857. The number of rotatable bonds is 6. The van der Waals surface area contributed by atoms with Crippen LogP contribution in [0.2, 0.25) is 0 Å². The van der Waals surface area contributed by atoms with Gasteiger partial charge < -0.3 is 16.4 Å². The van der Waals surface area contributed by atoms with Crippen LogP contribution in [0, 0.1) is 6.92 Å². The third-order valence-corrected chi connectivity index (χ3v) is 0.865. The molecule has 0 atom stereocenters. The molecule has 56 valence electrons. The quantitative estimate of drug-likeness (QED) is 0.246. The van der Waals surface area contributed by atoms with Gasteiger partial charge in [-0.3, -0.25) is 0 Å². The zero-order chi connectivity index (χ0) is 6.95. The van der Waals surface area contributed by atoms with Gasteiger partial charge in [-0.05, 0) is 6.92 Å². The molecule has 0 amide bonds. The zero-order valence-electron chi connectivity index (χ0n) is 7.06. The summed E-state index contributed by atoms with van der Waals surface area (Å²) in [5.41, 5.74) is 0. The van der Waals surface area contributed by atoms with Gasteiger partial charge in [-0.15, -0.1) is 0 Å². The molecule has 0 radical (unpaired) electrons. The third kappa shape index (κ3) is 11.3.